The second kappa shape index (κ2) is 3.18. The van der Waals surface area contributed by atoms with Gasteiger partial charge < -0.3 is 5.73 Å². The van der Waals surface area contributed by atoms with E-state index >= 15 is 0 Å². The van der Waals surface area contributed by atoms with E-state index < -0.39 is 9.14 Å². The maximum absolute atomic E-state index is 10.2. The van der Waals surface area contributed by atoms with Crippen molar-refractivity contribution in [3.05, 3.63) is 0 Å². The fourth-order valence-electron chi connectivity index (χ4n) is 0.258. The molecule has 0 rings (SSSR count). The standard InChI is InChI=1S/C4H4Br2N2O/c5-4(6,2-7)1-3(8)9/h1H2,(H2,8,9). The van der Waals surface area contributed by atoms with Gasteiger partial charge in [-0.1, -0.05) is 31.9 Å². The number of nitrogens with two attached hydrogens (primary N) is 1. The van der Waals surface area contributed by atoms with Crippen LogP contribution in [0.2, 0.25) is 0 Å². The lowest BCUT2D eigenvalue weighted by Crippen LogP contribution is -2.20. The molecule has 2 N–H and O–H groups in total. The molecule has 1 amide bonds. The van der Waals surface area contributed by atoms with Crippen molar-refractivity contribution in [1.82, 2.24) is 0 Å². The second-order valence-electron chi connectivity index (χ2n) is 1.46. The Morgan fingerprint density at radius 1 is 1.78 bits per heavy atom. The Bertz CT molecular complexity index is 160. The van der Waals surface area contributed by atoms with Crippen molar-refractivity contribution >= 4 is 37.8 Å². The Morgan fingerprint density at radius 3 is 2.33 bits per heavy atom. The van der Waals surface area contributed by atoms with Gasteiger partial charge >= 0.3 is 0 Å². The lowest BCUT2D eigenvalue weighted by Gasteiger charge is -2.05. The first-order valence-electron chi connectivity index (χ1n) is 2.05. The zero-order valence-electron chi connectivity index (χ0n) is 4.40. The molecule has 0 spiro atoms. The monoisotopic (exact) mass is 254 g/mol. The van der Waals surface area contributed by atoms with E-state index in [1.54, 1.807) is 6.07 Å². The number of halogens is 2. The highest BCUT2D eigenvalue weighted by atomic mass is 79.9. The Labute approximate surface area is 69.5 Å². The van der Waals surface area contributed by atoms with Gasteiger partial charge in [0.1, 0.15) is 0 Å². The predicted octanol–water partition coefficient (Wildman–Crippen LogP) is 0.871. The molecule has 50 valence electrons. The van der Waals surface area contributed by atoms with E-state index in [-0.39, 0.29) is 6.42 Å². The highest BCUT2D eigenvalue weighted by Crippen LogP contribution is 2.28. The zero-order chi connectivity index (χ0) is 7.49. The maximum atomic E-state index is 10.2. The summed E-state index contributed by atoms with van der Waals surface area (Å²) in [4.78, 5) is 10.2. The molecule has 0 aliphatic rings. The first kappa shape index (κ1) is 8.92. The summed E-state index contributed by atoms with van der Waals surface area (Å²) in [6.45, 7) is 0. The molecule has 3 nitrogen and oxygen atoms in total. The van der Waals surface area contributed by atoms with E-state index in [1.165, 1.54) is 0 Å². The van der Waals surface area contributed by atoms with Crippen LogP contribution in [0.25, 0.3) is 0 Å². The lowest BCUT2D eigenvalue weighted by atomic mass is 10.3. The molecule has 0 aromatic heterocycles. The maximum Gasteiger partial charge on any atom is 0.220 e. The Morgan fingerprint density at radius 2 is 2.22 bits per heavy atom. The third kappa shape index (κ3) is 4.43. The summed E-state index contributed by atoms with van der Waals surface area (Å²) in [6.07, 6.45) is -0.0382. The van der Waals surface area contributed by atoms with Gasteiger partial charge in [0.2, 0.25) is 5.91 Å². The van der Waals surface area contributed by atoms with E-state index in [2.05, 4.69) is 31.9 Å². The van der Waals surface area contributed by atoms with Crippen molar-refractivity contribution in [3.63, 3.8) is 0 Å². The second-order valence-corrected chi connectivity index (χ2v) is 5.23. The van der Waals surface area contributed by atoms with Gasteiger partial charge in [0, 0.05) is 0 Å². The number of primary amides is 1. The van der Waals surface area contributed by atoms with Crippen molar-refractivity contribution < 1.29 is 4.79 Å². The van der Waals surface area contributed by atoms with Crippen LogP contribution in [-0.4, -0.2) is 9.14 Å². The molecule has 0 saturated heterocycles. The van der Waals surface area contributed by atoms with E-state index in [4.69, 9.17) is 11.0 Å². The number of nitriles is 1. The molecule has 0 aliphatic carbocycles. The fourth-order valence-corrected chi connectivity index (χ4v) is 0.811. The minimum Gasteiger partial charge on any atom is -0.370 e. The molecule has 0 aromatic rings. The van der Waals surface area contributed by atoms with Crippen molar-refractivity contribution in [1.29, 1.82) is 5.26 Å². The summed E-state index contributed by atoms with van der Waals surface area (Å²) in [5, 5.41) is 8.29. The highest BCUT2D eigenvalue weighted by molar-refractivity contribution is 9.25. The summed E-state index contributed by atoms with van der Waals surface area (Å²) in [5.74, 6) is -0.523. The molecule has 9 heavy (non-hydrogen) atoms. The van der Waals surface area contributed by atoms with E-state index in [1.807, 2.05) is 0 Å². The van der Waals surface area contributed by atoms with Crippen LogP contribution >= 0.6 is 31.9 Å². The predicted molar refractivity (Wildman–Crippen MR) is 40.0 cm³/mol. The number of carbonyl (C=O) groups excluding carboxylic acids is 1. The van der Waals surface area contributed by atoms with Crippen LogP contribution < -0.4 is 5.73 Å². The van der Waals surface area contributed by atoms with Gasteiger partial charge in [-0.3, -0.25) is 4.79 Å². The van der Waals surface area contributed by atoms with Crippen molar-refractivity contribution in [2.24, 2.45) is 5.73 Å². The van der Waals surface area contributed by atoms with Gasteiger partial charge in [0.05, 0.1) is 12.5 Å². The summed E-state index contributed by atoms with van der Waals surface area (Å²) in [7, 11) is 0. The van der Waals surface area contributed by atoms with Crippen LogP contribution in [0.15, 0.2) is 0 Å². The van der Waals surface area contributed by atoms with E-state index in [0.29, 0.717) is 0 Å². The van der Waals surface area contributed by atoms with Gasteiger partial charge in [0.15, 0.2) is 3.23 Å². The van der Waals surface area contributed by atoms with Crippen LogP contribution in [0.5, 0.6) is 0 Å². The zero-order valence-corrected chi connectivity index (χ0v) is 7.57. The number of rotatable bonds is 2. The topological polar surface area (TPSA) is 66.9 Å². The number of carbonyl (C=O) groups is 1. The third-order valence-corrected chi connectivity index (χ3v) is 1.48. The molecule has 0 radical (unpaired) electrons. The first-order chi connectivity index (χ1) is 3.98. The number of hydrogen-bond acceptors (Lipinski definition) is 2. The van der Waals surface area contributed by atoms with Crippen molar-refractivity contribution in [2.45, 2.75) is 9.65 Å². The summed E-state index contributed by atoms with van der Waals surface area (Å²) in [6, 6.07) is 1.81. The molecular formula is C4H4Br2N2O. The first-order valence-corrected chi connectivity index (χ1v) is 3.64. The van der Waals surface area contributed by atoms with Gasteiger partial charge in [-0.05, 0) is 0 Å². The van der Waals surface area contributed by atoms with Gasteiger partial charge in [-0.15, -0.1) is 0 Å². The van der Waals surface area contributed by atoms with Crippen LogP contribution in [0, 0.1) is 11.3 Å². The molecule has 0 unspecified atom stereocenters. The molecule has 5 heteroatoms. The van der Waals surface area contributed by atoms with Crippen LogP contribution in [0.4, 0.5) is 0 Å². The van der Waals surface area contributed by atoms with Crippen LogP contribution in [0.1, 0.15) is 6.42 Å². The molecular weight excluding hydrogens is 252 g/mol. The molecule has 0 atom stereocenters. The van der Waals surface area contributed by atoms with Gasteiger partial charge in [-0.25, -0.2) is 0 Å². The van der Waals surface area contributed by atoms with Gasteiger partial charge in [-0.2, -0.15) is 5.26 Å². The normalized spacial score (nSPS) is 10.3. The SMILES string of the molecule is N#CC(Br)(Br)CC(N)=O. The van der Waals surface area contributed by atoms with Crippen molar-refractivity contribution in [2.75, 3.05) is 0 Å². The van der Waals surface area contributed by atoms with E-state index in [9.17, 15) is 4.79 Å². The minimum absolute atomic E-state index is 0.0382. The third-order valence-electron chi connectivity index (χ3n) is 0.560. The van der Waals surface area contributed by atoms with E-state index in [0.717, 1.165) is 0 Å². The minimum atomic E-state index is -0.980. The Balaban J connectivity index is 3.91. The molecule has 0 fully saturated rings. The molecule has 0 heterocycles. The van der Waals surface area contributed by atoms with Crippen LogP contribution in [0.3, 0.4) is 0 Å². The smallest absolute Gasteiger partial charge is 0.220 e. The average Bonchev–Trinajstić information content (AvgIpc) is 1.63. The molecule has 0 saturated carbocycles. The van der Waals surface area contributed by atoms with Crippen molar-refractivity contribution in [3.8, 4) is 6.07 Å². The number of amides is 1. The molecule has 0 aromatic carbocycles. The average molecular weight is 256 g/mol. The molecule has 0 bridgehead atoms. The fraction of sp³-hybridized carbons (Fsp3) is 0.500. The quantitative estimate of drug-likeness (QED) is 0.745. The Hall–Kier alpha value is -0.0800. The van der Waals surface area contributed by atoms with Crippen LogP contribution in [-0.2, 0) is 4.79 Å². The summed E-state index contributed by atoms with van der Waals surface area (Å²) in [5.41, 5.74) is 4.80. The lowest BCUT2D eigenvalue weighted by molar-refractivity contribution is -0.117. The number of alkyl halides is 2. The summed E-state index contributed by atoms with van der Waals surface area (Å²) < 4.78 is -0.980. The number of nitrogens with zero attached hydrogens (tertiary/aromatic N) is 1. The highest BCUT2D eigenvalue weighted by Gasteiger charge is 2.23. The number of hydrogen-bond donors (Lipinski definition) is 1. The summed E-state index contributed by atoms with van der Waals surface area (Å²) >= 11 is 5.87. The largest absolute Gasteiger partial charge is 0.370 e. The molecule has 0 aliphatic heterocycles. The Kier molecular flexibility index (Phi) is 3.15. The van der Waals surface area contributed by atoms with Gasteiger partial charge in [0.25, 0.3) is 0 Å².